The van der Waals surface area contributed by atoms with E-state index in [9.17, 15) is 4.79 Å². The van der Waals surface area contributed by atoms with Crippen LogP contribution in [0.25, 0.3) is 0 Å². The highest BCUT2D eigenvalue weighted by Gasteiger charge is 2.64. The lowest BCUT2D eigenvalue weighted by atomic mass is 9.62. The molecule has 0 bridgehead atoms. The van der Waals surface area contributed by atoms with E-state index >= 15 is 0 Å². The number of rotatable bonds is 5. The van der Waals surface area contributed by atoms with E-state index in [1.54, 1.807) is 4.90 Å². The first-order chi connectivity index (χ1) is 15.1. The Morgan fingerprint density at radius 1 is 0.871 bits per heavy atom. The zero-order chi connectivity index (χ0) is 21.4. The molecule has 1 aliphatic heterocycles. The van der Waals surface area contributed by atoms with Crippen molar-refractivity contribution in [3.05, 3.63) is 108 Å². The van der Waals surface area contributed by atoms with E-state index < -0.39 is 11.5 Å². The molecule has 0 saturated carbocycles. The second-order valence-electron chi connectivity index (χ2n) is 7.90. The molecule has 31 heavy (non-hydrogen) atoms. The Kier molecular flexibility index (Phi) is 4.55. The Hall–Kier alpha value is -3.93. The van der Waals surface area contributed by atoms with E-state index in [4.69, 9.17) is 0 Å². The molecule has 1 unspecified atom stereocenters. The van der Waals surface area contributed by atoms with Crippen LogP contribution in [-0.4, -0.2) is 35.2 Å². The van der Waals surface area contributed by atoms with Crippen LogP contribution in [0.1, 0.15) is 22.6 Å². The number of hydrogen-bond acceptors (Lipinski definition) is 4. The molecule has 5 rings (SSSR count). The van der Waals surface area contributed by atoms with Gasteiger partial charge in [0.2, 0.25) is 11.9 Å². The molecule has 3 aromatic carbocycles. The highest BCUT2D eigenvalue weighted by Crippen LogP contribution is 2.56. The molecule has 4 aromatic rings. The number of hydrogen-bond donors (Lipinski definition) is 1. The summed E-state index contributed by atoms with van der Waals surface area (Å²) in [6.45, 7) is 0. The summed E-state index contributed by atoms with van der Waals surface area (Å²) in [7, 11) is 4.01. The Labute approximate surface area is 181 Å². The third-order valence-electron chi connectivity index (χ3n) is 6.02. The standard InChI is InChI=1S/C25H23N5O/c1-29(2)21-15-13-18(14-16-21)22-23(31)30(24-26-17-27-28-24)25(22,19-9-5-3-6-10-19)20-11-7-4-8-12-20/h3-17,22H,1-2H3,(H,26,27,28). The predicted molar refractivity (Wildman–Crippen MR) is 121 cm³/mol. The maximum atomic E-state index is 13.7. The van der Waals surface area contributed by atoms with Gasteiger partial charge in [-0.3, -0.25) is 9.69 Å². The Balaban J connectivity index is 1.76. The molecular weight excluding hydrogens is 386 g/mol. The normalized spacial score (nSPS) is 17.3. The number of β-lactam (4-membered cyclic amide) rings is 1. The fourth-order valence-electron chi connectivity index (χ4n) is 4.61. The van der Waals surface area contributed by atoms with Gasteiger partial charge in [0.05, 0.1) is 5.92 Å². The smallest absolute Gasteiger partial charge is 0.241 e. The highest BCUT2D eigenvalue weighted by molar-refractivity contribution is 6.09. The summed E-state index contributed by atoms with van der Waals surface area (Å²) >= 11 is 0. The summed E-state index contributed by atoms with van der Waals surface area (Å²) in [5, 5.41) is 6.90. The quantitative estimate of drug-likeness (QED) is 0.507. The lowest BCUT2D eigenvalue weighted by Crippen LogP contribution is -2.68. The molecule has 154 valence electrons. The third kappa shape index (κ3) is 2.83. The molecule has 1 N–H and O–H groups in total. The van der Waals surface area contributed by atoms with Crippen molar-refractivity contribution < 1.29 is 4.79 Å². The fraction of sp³-hybridized carbons (Fsp3) is 0.160. The van der Waals surface area contributed by atoms with Crippen molar-refractivity contribution in [2.24, 2.45) is 0 Å². The molecule has 0 spiro atoms. The zero-order valence-corrected chi connectivity index (χ0v) is 17.4. The van der Waals surface area contributed by atoms with Gasteiger partial charge in [-0.1, -0.05) is 72.8 Å². The number of nitrogens with zero attached hydrogens (tertiary/aromatic N) is 4. The fourth-order valence-corrected chi connectivity index (χ4v) is 4.61. The number of nitrogens with one attached hydrogen (secondary N) is 1. The minimum absolute atomic E-state index is 0.0120. The van der Waals surface area contributed by atoms with Crippen LogP contribution in [0, 0.1) is 0 Å². The summed E-state index contributed by atoms with van der Waals surface area (Å²) in [4.78, 5) is 21.8. The van der Waals surface area contributed by atoms with Gasteiger partial charge in [-0.05, 0) is 28.8 Å². The van der Waals surface area contributed by atoms with E-state index in [0.717, 1.165) is 22.4 Å². The van der Waals surface area contributed by atoms with E-state index in [2.05, 4.69) is 68.6 Å². The largest absolute Gasteiger partial charge is 0.378 e. The van der Waals surface area contributed by atoms with Gasteiger partial charge in [-0.2, -0.15) is 10.1 Å². The number of benzene rings is 3. The molecule has 1 aliphatic rings. The molecule has 6 heteroatoms. The van der Waals surface area contributed by atoms with Gasteiger partial charge in [0.1, 0.15) is 11.9 Å². The Bertz CT molecular complexity index is 1130. The maximum Gasteiger partial charge on any atom is 0.241 e. The SMILES string of the molecule is CN(C)c1ccc(C2C(=O)N(c3ncn[nH]3)C2(c2ccccc2)c2ccccc2)cc1. The molecule has 0 aliphatic carbocycles. The summed E-state index contributed by atoms with van der Waals surface area (Å²) in [5.74, 6) is 0.0412. The Morgan fingerprint density at radius 2 is 1.45 bits per heavy atom. The van der Waals surface area contributed by atoms with Gasteiger partial charge in [0, 0.05) is 19.8 Å². The first kappa shape index (κ1) is 19.1. The number of aromatic nitrogens is 3. The summed E-state index contributed by atoms with van der Waals surface area (Å²) in [6.07, 6.45) is 1.43. The molecule has 1 atom stereocenters. The predicted octanol–water partition coefficient (Wildman–Crippen LogP) is 3.94. The highest BCUT2D eigenvalue weighted by atomic mass is 16.2. The van der Waals surface area contributed by atoms with E-state index in [1.165, 1.54) is 6.33 Å². The van der Waals surface area contributed by atoms with Crippen molar-refractivity contribution in [2.45, 2.75) is 11.5 Å². The molecule has 2 heterocycles. The van der Waals surface area contributed by atoms with Gasteiger partial charge < -0.3 is 4.90 Å². The number of H-pyrrole nitrogens is 1. The van der Waals surface area contributed by atoms with Crippen molar-refractivity contribution >= 4 is 17.5 Å². The van der Waals surface area contributed by atoms with E-state index in [1.807, 2.05) is 50.5 Å². The second-order valence-corrected chi connectivity index (χ2v) is 7.90. The number of carbonyl (C=O) groups is 1. The van der Waals surface area contributed by atoms with E-state index in [0.29, 0.717) is 5.95 Å². The first-order valence-electron chi connectivity index (χ1n) is 10.2. The third-order valence-corrected chi connectivity index (χ3v) is 6.02. The zero-order valence-electron chi connectivity index (χ0n) is 17.4. The number of aromatic amines is 1. The summed E-state index contributed by atoms with van der Waals surface area (Å²) < 4.78 is 0. The Morgan fingerprint density at radius 3 is 1.94 bits per heavy atom. The van der Waals surface area contributed by atoms with Gasteiger partial charge in [-0.25, -0.2) is 5.10 Å². The van der Waals surface area contributed by atoms with Crippen LogP contribution in [0.3, 0.4) is 0 Å². The molecule has 6 nitrogen and oxygen atoms in total. The lowest BCUT2D eigenvalue weighted by Gasteiger charge is -2.57. The van der Waals surface area contributed by atoms with Crippen molar-refractivity contribution in [3.8, 4) is 0 Å². The number of anilines is 2. The molecule has 1 aromatic heterocycles. The molecule has 0 radical (unpaired) electrons. The molecule has 1 fully saturated rings. The number of carbonyl (C=O) groups excluding carboxylic acids is 1. The van der Waals surface area contributed by atoms with Crippen molar-refractivity contribution in [1.29, 1.82) is 0 Å². The van der Waals surface area contributed by atoms with Gasteiger partial charge in [-0.15, -0.1) is 0 Å². The summed E-state index contributed by atoms with van der Waals surface area (Å²) in [6, 6.07) is 28.5. The minimum atomic E-state index is -0.737. The van der Waals surface area contributed by atoms with Gasteiger partial charge >= 0.3 is 0 Å². The monoisotopic (exact) mass is 409 g/mol. The lowest BCUT2D eigenvalue weighted by molar-refractivity contribution is -0.129. The first-order valence-corrected chi connectivity index (χ1v) is 10.2. The average Bonchev–Trinajstić information content (AvgIpc) is 3.32. The van der Waals surface area contributed by atoms with Crippen LogP contribution in [0.2, 0.25) is 0 Å². The summed E-state index contributed by atoms with van der Waals surface area (Å²) in [5.41, 5.74) is 3.38. The van der Waals surface area contributed by atoms with Gasteiger partial charge in [0.15, 0.2) is 0 Å². The molecule has 1 amide bonds. The van der Waals surface area contributed by atoms with Crippen LogP contribution < -0.4 is 9.80 Å². The molecular formula is C25H23N5O. The van der Waals surface area contributed by atoms with Crippen LogP contribution in [0.4, 0.5) is 11.6 Å². The number of amides is 1. The van der Waals surface area contributed by atoms with Crippen molar-refractivity contribution in [1.82, 2.24) is 15.2 Å². The van der Waals surface area contributed by atoms with Crippen molar-refractivity contribution in [2.75, 3.05) is 23.9 Å². The topological polar surface area (TPSA) is 65.1 Å². The second kappa shape index (κ2) is 7.40. The van der Waals surface area contributed by atoms with Gasteiger partial charge in [0.25, 0.3) is 0 Å². The van der Waals surface area contributed by atoms with Crippen LogP contribution >= 0.6 is 0 Å². The van der Waals surface area contributed by atoms with Crippen LogP contribution in [0.5, 0.6) is 0 Å². The molecule has 1 saturated heterocycles. The van der Waals surface area contributed by atoms with Crippen molar-refractivity contribution in [3.63, 3.8) is 0 Å². The maximum absolute atomic E-state index is 13.7. The van der Waals surface area contributed by atoms with Crippen LogP contribution in [-0.2, 0) is 10.3 Å². The van der Waals surface area contributed by atoms with E-state index in [-0.39, 0.29) is 5.91 Å². The minimum Gasteiger partial charge on any atom is -0.378 e. The van der Waals surface area contributed by atoms with Crippen LogP contribution in [0.15, 0.2) is 91.3 Å². The average molecular weight is 409 g/mol.